The maximum atomic E-state index is 12.1. The topological polar surface area (TPSA) is 97.8 Å². The van der Waals surface area contributed by atoms with Crippen LogP contribution in [0.4, 0.5) is 0 Å². The molecule has 9 nitrogen and oxygen atoms in total. The van der Waals surface area contributed by atoms with Gasteiger partial charge in [-0.05, 0) is 49.7 Å². The third-order valence-electron chi connectivity index (χ3n) is 7.23. The molecule has 39 heavy (non-hydrogen) atoms. The molecular formula is C30H42N2O7. The van der Waals surface area contributed by atoms with Crippen LogP contribution < -0.4 is 18.9 Å². The van der Waals surface area contributed by atoms with Crippen molar-refractivity contribution in [2.75, 3.05) is 47.2 Å². The van der Waals surface area contributed by atoms with E-state index in [2.05, 4.69) is 13.8 Å². The Balaban J connectivity index is 0.000000325. The Bertz CT molecular complexity index is 1060. The molecule has 9 heteroatoms. The molecule has 2 heterocycles. The van der Waals surface area contributed by atoms with Crippen LogP contribution in [0, 0.1) is 5.92 Å². The Labute approximate surface area is 231 Å². The first-order valence-electron chi connectivity index (χ1n) is 13.7. The van der Waals surface area contributed by atoms with Gasteiger partial charge in [0.1, 0.15) is 6.61 Å². The predicted molar refractivity (Wildman–Crippen MR) is 149 cm³/mol. The van der Waals surface area contributed by atoms with Crippen LogP contribution in [0.1, 0.15) is 51.0 Å². The summed E-state index contributed by atoms with van der Waals surface area (Å²) in [6.45, 7) is 7.22. The fourth-order valence-electron chi connectivity index (χ4n) is 4.98. The first-order valence-corrected chi connectivity index (χ1v) is 13.7. The van der Waals surface area contributed by atoms with Gasteiger partial charge in [-0.15, -0.1) is 0 Å². The van der Waals surface area contributed by atoms with E-state index < -0.39 is 11.9 Å². The minimum Gasteiger partial charge on any atom is -0.493 e. The Kier molecular flexibility index (Phi) is 11.7. The summed E-state index contributed by atoms with van der Waals surface area (Å²) in [7, 11) is 3.51. The number of likely N-dealkylation sites (tertiary alicyclic amines) is 1. The first-order chi connectivity index (χ1) is 18.9. The van der Waals surface area contributed by atoms with E-state index in [9.17, 15) is 14.7 Å². The van der Waals surface area contributed by atoms with Crippen LogP contribution >= 0.6 is 0 Å². The highest BCUT2D eigenvalue weighted by atomic mass is 16.7. The van der Waals surface area contributed by atoms with Gasteiger partial charge in [-0.1, -0.05) is 44.9 Å². The number of fused-ring (bicyclic) bond motifs is 1. The molecule has 1 fully saturated rings. The van der Waals surface area contributed by atoms with E-state index in [1.807, 2.05) is 59.3 Å². The van der Waals surface area contributed by atoms with Crippen LogP contribution in [0.25, 0.3) is 0 Å². The quantitative estimate of drug-likeness (QED) is 0.366. The van der Waals surface area contributed by atoms with Crippen LogP contribution in [-0.2, 0) is 9.59 Å². The monoisotopic (exact) mass is 542 g/mol. The van der Waals surface area contributed by atoms with Crippen LogP contribution in [-0.4, -0.2) is 80.5 Å². The van der Waals surface area contributed by atoms with E-state index in [4.69, 9.17) is 18.9 Å². The molecule has 2 aliphatic heterocycles. The van der Waals surface area contributed by atoms with Crippen molar-refractivity contribution in [1.82, 2.24) is 9.80 Å². The number of carboxylic acids is 1. The Hall–Kier alpha value is -3.46. The van der Waals surface area contributed by atoms with Gasteiger partial charge in [0.15, 0.2) is 23.0 Å². The number of amides is 1. The fraction of sp³-hybridized carbons (Fsp3) is 0.533. The molecule has 0 aromatic heterocycles. The molecule has 0 bridgehead atoms. The molecule has 4 rings (SSSR count). The van der Waals surface area contributed by atoms with Crippen molar-refractivity contribution in [3.63, 3.8) is 0 Å². The van der Waals surface area contributed by atoms with E-state index in [1.165, 1.54) is 0 Å². The number of unbranched alkanes of at least 4 members (excludes halogenated alkanes) is 2. The molecule has 0 unspecified atom stereocenters. The van der Waals surface area contributed by atoms with Crippen molar-refractivity contribution in [3.8, 4) is 23.0 Å². The molecule has 214 valence electrons. The number of hydrogen-bond donors (Lipinski definition) is 1. The van der Waals surface area contributed by atoms with E-state index in [0.29, 0.717) is 29.5 Å². The lowest BCUT2D eigenvalue weighted by Crippen LogP contribution is -2.38. The van der Waals surface area contributed by atoms with Crippen LogP contribution in [0.2, 0.25) is 0 Å². The van der Waals surface area contributed by atoms with Crippen molar-refractivity contribution in [3.05, 3.63) is 48.0 Å². The average molecular weight is 543 g/mol. The summed E-state index contributed by atoms with van der Waals surface area (Å²) >= 11 is 0. The number of carbonyl (C=O) groups is 2. The molecule has 0 aliphatic carbocycles. The number of para-hydroxylation sites is 2. The lowest BCUT2D eigenvalue weighted by molar-refractivity contribution is -0.143. The summed E-state index contributed by atoms with van der Waals surface area (Å²) < 4.78 is 22.1. The minimum atomic E-state index is -0.833. The van der Waals surface area contributed by atoms with E-state index in [0.717, 1.165) is 50.7 Å². The van der Waals surface area contributed by atoms with Gasteiger partial charge in [0.25, 0.3) is 0 Å². The molecule has 0 saturated carbocycles. The number of rotatable bonds is 13. The second-order valence-electron chi connectivity index (χ2n) is 9.90. The molecular weight excluding hydrogens is 500 g/mol. The van der Waals surface area contributed by atoms with E-state index in [-0.39, 0.29) is 25.4 Å². The van der Waals surface area contributed by atoms with Crippen LogP contribution in [0.3, 0.4) is 0 Å². The van der Waals surface area contributed by atoms with Gasteiger partial charge in [-0.25, -0.2) is 0 Å². The molecule has 1 saturated heterocycles. The first kappa shape index (κ1) is 30.1. The summed E-state index contributed by atoms with van der Waals surface area (Å²) in [6.07, 6.45) is 5.54. The minimum absolute atomic E-state index is 0.164. The molecule has 3 atom stereocenters. The van der Waals surface area contributed by atoms with E-state index in [1.54, 1.807) is 7.11 Å². The standard InChI is InChI=1S/C21H23NO6.C9H19NO/c1-22-10-14(13-7-8-18-19(9-13)28-12-27-18)20(21(23)24)15(22)11-26-17-6-4-3-5-16(17)25-2;1-3-5-7-10(9-11)8-6-4-2/h3-9,14-15,20H,10-12H2,1-2H3,(H,23,24);9H,3-8H2,1-2H3/t14-,15-,20-;/m1./s1. The third-order valence-corrected chi connectivity index (χ3v) is 7.23. The molecule has 2 aromatic rings. The maximum absolute atomic E-state index is 12.1. The number of carbonyl (C=O) groups excluding carboxylic acids is 1. The summed E-state index contributed by atoms with van der Waals surface area (Å²) in [5.41, 5.74) is 0.934. The van der Waals surface area contributed by atoms with Gasteiger partial charge in [-0.2, -0.15) is 0 Å². The highest BCUT2D eigenvalue weighted by molar-refractivity contribution is 5.73. The molecule has 0 radical (unpaired) electrons. The second kappa shape index (κ2) is 15.2. The number of ether oxygens (including phenoxy) is 4. The van der Waals surface area contributed by atoms with Gasteiger partial charge < -0.3 is 29.0 Å². The van der Waals surface area contributed by atoms with Gasteiger partial charge in [-0.3, -0.25) is 14.5 Å². The smallest absolute Gasteiger partial charge is 0.308 e. The van der Waals surface area contributed by atoms with Crippen molar-refractivity contribution >= 4 is 12.4 Å². The number of methoxy groups -OCH3 is 1. The molecule has 2 aliphatic rings. The SMILES string of the molecule is CCCCN(C=O)CCCC.COc1ccccc1OC[C@@H]1[C@H](C(=O)O)[C@@H](c2ccc3c(c2)OCO3)CN1C. The lowest BCUT2D eigenvalue weighted by Gasteiger charge is -2.24. The largest absolute Gasteiger partial charge is 0.493 e. The fourth-order valence-corrected chi connectivity index (χ4v) is 4.98. The molecule has 1 amide bonds. The predicted octanol–water partition coefficient (Wildman–Crippen LogP) is 4.65. The zero-order valence-corrected chi connectivity index (χ0v) is 23.5. The molecule has 1 N–H and O–H groups in total. The summed E-state index contributed by atoms with van der Waals surface area (Å²) in [4.78, 5) is 26.5. The van der Waals surface area contributed by atoms with Gasteiger partial charge >= 0.3 is 5.97 Å². The number of benzene rings is 2. The van der Waals surface area contributed by atoms with Crippen molar-refractivity contribution in [2.24, 2.45) is 5.92 Å². The van der Waals surface area contributed by atoms with Crippen molar-refractivity contribution in [2.45, 2.75) is 51.5 Å². The summed E-state index contributed by atoms with van der Waals surface area (Å²) in [5.74, 6) is 0.997. The third kappa shape index (κ3) is 8.02. The summed E-state index contributed by atoms with van der Waals surface area (Å²) in [6, 6.07) is 12.7. The zero-order chi connectivity index (χ0) is 28.2. The zero-order valence-electron chi connectivity index (χ0n) is 23.5. The second-order valence-corrected chi connectivity index (χ2v) is 9.90. The van der Waals surface area contributed by atoms with Gasteiger partial charge in [0.2, 0.25) is 13.2 Å². The van der Waals surface area contributed by atoms with Gasteiger partial charge in [0, 0.05) is 25.6 Å². The van der Waals surface area contributed by atoms with Crippen molar-refractivity contribution in [1.29, 1.82) is 0 Å². The number of hydrogen-bond acceptors (Lipinski definition) is 7. The Morgan fingerprint density at radius 2 is 1.74 bits per heavy atom. The Morgan fingerprint density at radius 3 is 2.36 bits per heavy atom. The van der Waals surface area contributed by atoms with Crippen LogP contribution in [0.5, 0.6) is 23.0 Å². The average Bonchev–Trinajstić information content (AvgIpc) is 3.56. The highest BCUT2D eigenvalue weighted by Crippen LogP contribution is 2.41. The highest BCUT2D eigenvalue weighted by Gasteiger charge is 2.46. The van der Waals surface area contributed by atoms with Crippen molar-refractivity contribution < 1.29 is 33.6 Å². The molecule has 0 spiro atoms. The number of aliphatic carboxylic acids is 1. The number of carboxylic acid groups (broad SMARTS) is 1. The maximum Gasteiger partial charge on any atom is 0.308 e. The van der Waals surface area contributed by atoms with E-state index >= 15 is 0 Å². The lowest BCUT2D eigenvalue weighted by atomic mass is 9.85. The van der Waals surface area contributed by atoms with Gasteiger partial charge in [0.05, 0.1) is 19.1 Å². The summed E-state index contributed by atoms with van der Waals surface area (Å²) in [5, 5.41) is 9.96. The number of nitrogens with zero attached hydrogens (tertiary/aromatic N) is 2. The molecule has 2 aromatic carbocycles. The normalized spacial score (nSPS) is 19.6. The number of likely N-dealkylation sites (N-methyl/N-ethyl adjacent to an activating group) is 1. The van der Waals surface area contributed by atoms with Crippen LogP contribution in [0.15, 0.2) is 42.5 Å². The Morgan fingerprint density at radius 1 is 1.08 bits per heavy atom.